The van der Waals surface area contributed by atoms with Crippen LogP contribution < -0.4 is 9.47 Å². The van der Waals surface area contributed by atoms with E-state index in [1.165, 1.54) is 23.9 Å². The second-order valence-corrected chi connectivity index (χ2v) is 8.93. The molecular weight excluding hydrogens is 471 g/mol. The number of hydrogen-bond acceptors (Lipinski definition) is 5. The Hall–Kier alpha value is -2.03. The highest BCUT2D eigenvalue weighted by atomic mass is 79.9. The molecule has 5 nitrogen and oxygen atoms in total. The Balaban J connectivity index is 2.21. The first kappa shape index (κ1) is 22.7. The zero-order chi connectivity index (χ0) is 21.9. The first-order chi connectivity index (χ1) is 14.3. The van der Waals surface area contributed by atoms with Gasteiger partial charge in [0.2, 0.25) is 0 Å². The van der Waals surface area contributed by atoms with Gasteiger partial charge < -0.3 is 14.6 Å². The highest BCUT2D eigenvalue weighted by molar-refractivity contribution is 9.10. The van der Waals surface area contributed by atoms with Gasteiger partial charge >= 0.3 is 0 Å². The van der Waals surface area contributed by atoms with E-state index >= 15 is 0 Å². The van der Waals surface area contributed by atoms with Crippen molar-refractivity contribution in [2.75, 3.05) is 26.6 Å². The molecule has 0 saturated heterocycles. The summed E-state index contributed by atoms with van der Waals surface area (Å²) in [5, 5.41) is 10.0. The van der Waals surface area contributed by atoms with E-state index in [4.69, 9.17) is 14.5 Å². The summed E-state index contributed by atoms with van der Waals surface area (Å²) in [5.74, 6) is 1.49. The highest BCUT2D eigenvalue weighted by Crippen LogP contribution is 2.42. The topological polar surface area (TPSA) is 56.5 Å². The number of aromatic nitrogens is 2. The van der Waals surface area contributed by atoms with Crippen LogP contribution in [0.15, 0.2) is 52.2 Å². The fourth-order valence-corrected chi connectivity index (χ4v) is 5.05. The summed E-state index contributed by atoms with van der Waals surface area (Å²) in [6, 6.07) is 12.1. The molecule has 0 aliphatic rings. The number of ether oxygens (including phenoxy) is 2. The van der Waals surface area contributed by atoms with Gasteiger partial charge in [-0.05, 0) is 57.9 Å². The summed E-state index contributed by atoms with van der Waals surface area (Å²) < 4.78 is 27.1. The van der Waals surface area contributed by atoms with Gasteiger partial charge in [0.15, 0.2) is 16.7 Å². The van der Waals surface area contributed by atoms with Crippen molar-refractivity contribution in [3.8, 4) is 17.2 Å². The van der Waals surface area contributed by atoms with Crippen molar-refractivity contribution < 1.29 is 19.0 Å². The van der Waals surface area contributed by atoms with Crippen LogP contribution in [0, 0.1) is 5.82 Å². The Morgan fingerprint density at radius 3 is 2.37 bits per heavy atom. The maximum atomic E-state index is 13.6. The number of thioether (sulfide) groups is 1. The van der Waals surface area contributed by atoms with Crippen molar-refractivity contribution in [2.24, 2.45) is 0 Å². The molecule has 0 aliphatic carbocycles. The fraction of sp³-hybridized carbons (Fsp3) is 0.318. The number of nitrogens with zero attached hydrogens (tertiary/aromatic N) is 2. The maximum absolute atomic E-state index is 13.6. The van der Waals surface area contributed by atoms with Crippen molar-refractivity contribution in [3.63, 3.8) is 0 Å². The van der Waals surface area contributed by atoms with Gasteiger partial charge in [0, 0.05) is 16.9 Å². The van der Waals surface area contributed by atoms with Gasteiger partial charge in [-0.3, -0.25) is 4.57 Å². The molecule has 2 aromatic carbocycles. The minimum absolute atomic E-state index is 0.0347. The Bertz CT molecular complexity index is 1020. The molecule has 160 valence electrons. The number of benzene rings is 2. The summed E-state index contributed by atoms with van der Waals surface area (Å²) in [4.78, 5) is 4.70. The van der Waals surface area contributed by atoms with Crippen LogP contribution in [0.2, 0.25) is 0 Å². The lowest BCUT2D eigenvalue weighted by Gasteiger charge is -2.28. The van der Waals surface area contributed by atoms with E-state index in [9.17, 15) is 9.50 Å². The first-order valence-corrected chi connectivity index (χ1v) is 11.1. The van der Waals surface area contributed by atoms with Crippen molar-refractivity contribution in [3.05, 3.63) is 64.1 Å². The molecule has 30 heavy (non-hydrogen) atoms. The maximum Gasteiger partial charge on any atom is 0.174 e. The van der Waals surface area contributed by atoms with Crippen LogP contribution in [0.4, 0.5) is 4.39 Å². The van der Waals surface area contributed by atoms with E-state index in [2.05, 4.69) is 29.8 Å². The van der Waals surface area contributed by atoms with Gasteiger partial charge in [-0.1, -0.05) is 31.7 Å². The monoisotopic (exact) mass is 494 g/mol. The molecular formula is C22H24BrFN2O3S. The fourth-order valence-electron chi connectivity index (χ4n) is 3.34. The molecule has 3 aromatic rings. The van der Waals surface area contributed by atoms with E-state index in [0.29, 0.717) is 27.0 Å². The van der Waals surface area contributed by atoms with Gasteiger partial charge in [-0.15, -0.1) is 0 Å². The Kier molecular flexibility index (Phi) is 7.10. The molecule has 0 bridgehead atoms. The predicted molar refractivity (Wildman–Crippen MR) is 121 cm³/mol. The number of halogens is 2. The Morgan fingerprint density at radius 1 is 1.10 bits per heavy atom. The third kappa shape index (κ3) is 4.36. The molecule has 0 saturated carbocycles. The molecule has 1 N–H and O–H groups in total. The van der Waals surface area contributed by atoms with Gasteiger partial charge in [-0.25, -0.2) is 9.37 Å². The van der Waals surface area contributed by atoms with Crippen LogP contribution in [-0.4, -0.2) is 41.2 Å². The quantitative estimate of drug-likeness (QED) is 0.436. The molecule has 3 rings (SSSR count). The van der Waals surface area contributed by atoms with Crippen LogP contribution in [0.5, 0.6) is 11.5 Å². The molecule has 8 heteroatoms. The number of aliphatic hydroxyl groups excluding tert-OH is 1. The lowest BCUT2D eigenvalue weighted by atomic mass is 9.81. The molecule has 0 fully saturated rings. The summed E-state index contributed by atoms with van der Waals surface area (Å²) in [6.45, 7) is 4.22. The van der Waals surface area contributed by atoms with Crippen LogP contribution in [0.1, 0.15) is 25.1 Å². The first-order valence-electron chi connectivity index (χ1n) is 9.34. The summed E-state index contributed by atoms with van der Waals surface area (Å²) in [5.41, 5.74) is 2.21. The van der Waals surface area contributed by atoms with Crippen molar-refractivity contribution in [2.45, 2.75) is 24.4 Å². The summed E-state index contributed by atoms with van der Waals surface area (Å²) in [6.07, 6.45) is 0. The predicted octanol–water partition coefficient (Wildman–Crippen LogP) is 5.20. The van der Waals surface area contributed by atoms with E-state index in [-0.39, 0.29) is 12.4 Å². The van der Waals surface area contributed by atoms with E-state index in [1.54, 1.807) is 26.4 Å². The molecule has 1 heterocycles. The van der Waals surface area contributed by atoms with E-state index < -0.39 is 5.41 Å². The van der Waals surface area contributed by atoms with Gasteiger partial charge in [0.05, 0.1) is 26.5 Å². The van der Waals surface area contributed by atoms with E-state index in [0.717, 1.165) is 16.9 Å². The largest absolute Gasteiger partial charge is 0.493 e. The third-order valence-corrected chi connectivity index (χ3v) is 6.38. The van der Waals surface area contributed by atoms with Crippen molar-refractivity contribution >= 4 is 27.7 Å². The molecule has 0 spiro atoms. The average Bonchev–Trinajstić information content (AvgIpc) is 3.08. The number of rotatable bonds is 8. The van der Waals surface area contributed by atoms with Crippen LogP contribution in [-0.2, 0) is 5.41 Å². The number of aliphatic hydroxyl groups is 1. The molecule has 0 aliphatic heterocycles. The van der Waals surface area contributed by atoms with Crippen LogP contribution in [0.25, 0.3) is 5.69 Å². The average molecular weight is 495 g/mol. The van der Waals surface area contributed by atoms with Crippen LogP contribution in [0.3, 0.4) is 0 Å². The minimum Gasteiger partial charge on any atom is -0.493 e. The Labute approximate surface area is 188 Å². The zero-order valence-electron chi connectivity index (χ0n) is 17.3. The van der Waals surface area contributed by atoms with Crippen molar-refractivity contribution in [1.29, 1.82) is 0 Å². The summed E-state index contributed by atoms with van der Waals surface area (Å²) >= 11 is 5.07. The number of methoxy groups -OCH3 is 2. The smallest absolute Gasteiger partial charge is 0.174 e. The molecule has 0 amide bonds. The highest BCUT2D eigenvalue weighted by Gasteiger charge is 2.33. The number of imidazole rings is 1. The van der Waals surface area contributed by atoms with Crippen molar-refractivity contribution in [1.82, 2.24) is 9.55 Å². The Morgan fingerprint density at radius 2 is 1.77 bits per heavy atom. The van der Waals surface area contributed by atoms with E-state index in [1.807, 2.05) is 22.8 Å². The molecule has 1 aromatic heterocycles. The number of hydrogen-bond donors (Lipinski definition) is 1. The van der Waals surface area contributed by atoms with Gasteiger partial charge in [0.25, 0.3) is 0 Å². The lowest BCUT2D eigenvalue weighted by Crippen LogP contribution is -2.24. The van der Waals surface area contributed by atoms with Gasteiger partial charge in [-0.2, -0.15) is 0 Å². The molecule has 0 atom stereocenters. The molecule has 0 unspecified atom stereocenters. The second kappa shape index (κ2) is 9.41. The summed E-state index contributed by atoms with van der Waals surface area (Å²) in [7, 11) is 3.21. The normalized spacial score (nSPS) is 11.6. The SMILES string of the molecule is COc1ccc(C(C)(C)c2c(Br)nc(SCCO)n2-c2ccc(F)cc2)cc1OC. The molecule has 0 radical (unpaired) electrons. The third-order valence-electron chi connectivity index (χ3n) is 4.91. The minimum atomic E-state index is -0.488. The van der Waals surface area contributed by atoms with Gasteiger partial charge in [0.1, 0.15) is 10.4 Å². The lowest BCUT2D eigenvalue weighted by molar-refractivity contribution is 0.322. The van der Waals surface area contributed by atoms with Crippen LogP contribution >= 0.6 is 27.7 Å². The standard InChI is InChI=1S/C22H24BrFN2O3S/c1-22(2,14-5-10-17(28-3)18(13-14)29-4)19-20(23)25-21(30-12-11-27)26(19)16-8-6-15(24)7-9-16/h5-10,13,27H,11-12H2,1-4H3. The second-order valence-electron chi connectivity index (χ2n) is 7.11. The zero-order valence-corrected chi connectivity index (χ0v) is 19.7.